The Morgan fingerprint density at radius 2 is 1.58 bits per heavy atom. The topological polar surface area (TPSA) is 158 Å². The summed E-state index contributed by atoms with van der Waals surface area (Å²) in [4.78, 5) is 19.9. The fourth-order valence-electron chi connectivity index (χ4n) is 0.370. The Kier molecular flexibility index (Phi) is 7.77. The van der Waals surface area contributed by atoms with Crippen LogP contribution >= 0.6 is 0 Å². The van der Waals surface area contributed by atoms with Gasteiger partial charge in [-0.2, -0.15) is 0 Å². The van der Waals surface area contributed by atoms with Gasteiger partial charge in [-0.15, -0.1) is 0 Å². The second kappa shape index (κ2) is 5.47. The van der Waals surface area contributed by atoms with Gasteiger partial charge in [0.2, 0.25) is 0 Å². The van der Waals surface area contributed by atoms with Gasteiger partial charge in [0.25, 0.3) is 0 Å². The summed E-state index contributed by atoms with van der Waals surface area (Å²) in [5, 5.41) is 25.0. The van der Waals surface area contributed by atoms with E-state index >= 15 is 0 Å². The van der Waals surface area contributed by atoms with Crippen molar-refractivity contribution in [1.29, 1.82) is 0 Å². The van der Waals surface area contributed by atoms with Gasteiger partial charge in [-0.1, -0.05) is 0 Å². The lowest BCUT2D eigenvalue weighted by Gasteiger charge is -2.13. The highest BCUT2D eigenvalue weighted by atomic mass is 16.4. The Morgan fingerprint density at radius 3 is 1.67 bits per heavy atom. The highest BCUT2D eigenvalue weighted by Crippen LogP contribution is 2.08. The third kappa shape index (κ3) is 5.59. The first-order chi connectivity index (χ1) is 4.36. The summed E-state index contributed by atoms with van der Waals surface area (Å²) in [5.74, 6) is -2.87. The summed E-state index contributed by atoms with van der Waals surface area (Å²) >= 11 is 0. The largest absolute Gasteiger partial charge is 0.481 e. The second-order valence-corrected chi connectivity index (χ2v) is 2.15. The van der Waals surface area contributed by atoms with Crippen molar-refractivity contribution in [3.63, 3.8) is 0 Å². The molecule has 0 saturated carbocycles. The van der Waals surface area contributed by atoms with E-state index < -0.39 is 24.0 Å². The minimum absolute atomic E-state index is 0. The zero-order chi connectivity index (χ0) is 8.36. The minimum atomic E-state index is -2.16. The van der Waals surface area contributed by atoms with Crippen LogP contribution in [0.4, 0.5) is 0 Å². The molecule has 0 aliphatic rings. The second-order valence-electron chi connectivity index (χ2n) is 2.15. The zero-order valence-electron chi connectivity index (χ0n) is 6.37. The van der Waals surface area contributed by atoms with E-state index in [1.807, 2.05) is 0 Å². The highest BCUT2D eigenvalue weighted by Gasteiger charge is 2.32. The Morgan fingerprint density at radius 1 is 1.25 bits per heavy atom. The molecule has 0 aromatic carbocycles. The van der Waals surface area contributed by atoms with Crippen LogP contribution in [0.25, 0.3) is 0 Å². The van der Waals surface area contributed by atoms with Gasteiger partial charge >= 0.3 is 11.9 Å². The SMILES string of the molecule is C[C@](O)(CC(=O)O)C(=O)O.O.O. The molecule has 0 amide bonds. The lowest BCUT2D eigenvalue weighted by Crippen LogP contribution is -2.37. The standard InChI is InChI=1S/C5H8O5.2H2O/c1-5(10,4(8)9)2-3(6)7;;/h10H,2H2,1H3,(H,6,7)(H,8,9);2*1H2/t5-;;/m0../s1. The first-order valence-electron chi connectivity index (χ1n) is 2.54. The third-order valence-electron chi connectivity index (χ3n) is 0.956. The highest BCUT2D eigenvalue weighted by molar-refractivity contribution is 5.83. The van der Waals surface area contributed by atoms with Crippen molar-refractivity contribution in [2.24, 2.45) is 0 Å². The molecule has 0 aromatic rings. The van der Waals surface area contributed by atoms with Crippen molar-refractivity contribution >= 4 is 11.9 Å². The molecule has 0 saturated heterocycles. The van der Waals surface area contributed by atoms with Crippen LogP contribution in [0.15, 0.2) is 0 Å². The summed E-state index contributed by atoms with van der Waals surface area (Å²) in [5.41, 5.74) is -2.16. The molecule has 12 heavy (non-hydrogen) atoms. The van der Waals surface area contributed by atoms with Crippen LogP contribution in [0.2, 0.25) is 0 Å². The predicted octanol–water partition coefficient (Wildman–Crippen LogP) is -2.35. The molecule has 1 atom stereocenters. The number of rotatable bonds is 3. The number of aliphatic carboxylic acids is 2. The van der Waals surface area contributed by atoms with Gasteiger partial charge in [0.1, 0.15) is 0 Å². The van der Waals surface area contributed by atoms with Gasteiger partial charge in [0, 0.05) is 0 Å². The van der Waals surface area contributed by atoms with Gasteiger partial charge in [-0.05, 0) is 6.92 Å². The van der Waals surface area contributed by atoms with Crippen molar-refractivity contribution in [3.05, 3.63) is 0 Å². The molecule has 0 bridgehead atoms. The molecular weight excluding hydrogens is 172 g/mol. The monoisotopic (exact) mass is 184 g/mol. The van der Waals surface area contributed by atoms with Crippen molar-refractivity contribution in [1.82, 2.24) is 0 Å². The first kappa shape index (κ1) is 17.1. The third-order valence-corrected chi connectivity index (χ3v) is 0.956. The van der Waals surface area contributed by atoms with Crippen molar-refractivity contribution in [2.75, 3.05) is 0 Å². The number of carboxylic acids is 2. The Balaban J connectivity index is -0.000000405. The maximum absolute atomic E-state index is 10.0. The number of carbonyl (C=O) groups is 2. The van der Waals surface area contributed by atoms with Crippen LogP contribution in [-0.4, -0.2) is 43.8 Å². The van der Waals surface area contributed by atoms with Gasteiger partial charge in [-0.25, -0.2) is 4.79 Å². The van der Waals surface area contributed by atoms with E-state index in [9.17, 15) is 9.59 Å². The van der Waals surface area contributed by atoms with E-state index in [0.717, 1.165) is 6.92 Å². The van der Waals surface area contributed by atoms with Crippen molar-refractivity contribution in [3.8, 4) is 0 Å². The lowest BCUT2D eigenvalue weighted by molar-refractivity contribution is -0.163. The Hall–Kier alpha value is -1.18. The maximum atomic E-state index is 10.0. The smallest absolute Gasteiger partial charge is 0.335 e. The molecule has 0 aromatic heterocycles. The van der Waals surface area contributed by atoms with Crippen LogP contribution in [0.1, 0.15) is 13.3 Å². The molecule has 0 aliphatic carbocycles. The normalized spacial score (nSPS) is 13.2. The number of carboxylic acid groups (broad SMARTS) is 2. The molecule has 0 aliphatic heterocycles. The summed E-state index contributed by atoms with van der Waals surface area (Å²) in [6, 6.07) is 0. The fraction of sp³-hybridized carbons (Fsp3) is 0.600. The van der Waals surface area contributed by atoms with Crippen molar-refractivity contribution < 1.29 is 35.9 Å². The molecule has 0 rings (SSSR count). The summed E-state index contributed by atoms with van der Waals surface area (Å²) in [6.07, 6.45) is -0.789. The molecule has 74 valence electrons. The fourth-order valence-corrected chi connectivity index (χ4v) is 0.370. The first-order valence-corrected chi connectivity index (χ1v) is 2.54. The van der Waals surface area contributed by atoms with E-state index in [1.54, 1.807) is 0 Å². The van der Waals surface area contributed by atoms with Crippen molar-refractivity contribution in [2.45, 2.75) is 18.9 Å². The molecular formula is C5H12O7. The molecule has 0 unspecified atom stereocenters. The average molecular weight is 184 g/mol. The van der Waals surface area contributed by atoms with E-state index in [0.29, 0.717) is 0 Å². The van der Waals surface area contributed by atoms with E-state index in [-0.39, 0.29) is 11.0 Å². The lowest BCUT2D eigenvalue weighted by atomic mass is 10.0. The summed E-state index contributed by atoms with van der Waals surface area (Å²) < 4.78 is 0. The molecule has 0 spiro atoms. The van der Waals surface area contributed by atoms with Crippen LogP contribution in [0.5, 0.6) is 0 Å². The molecule has 7 N–H and O–H groups in total. The minimum Gasteiger partial charge on any atom is -0.481 e. The van der Waals surface area contributed by atoms with Gasteiger partial charge < -0.3 is 26.3 Å². The average Bonchev–Trinajstić information content (AvgIpc) is 1.60. The number of hydrogen-bond donors (Lipinski definition) is 3. The summed E-state index contributed by atoms with van der Waals surface area (Å²) in [7, 11) is 0. The maximum Gasteiger partial charge on any atom is 0.335 e. The van der Waals surface area contributed by atoms with Crippen LogP contribution < -0.4 is 0 Å². The van der Waals surface area contributed by atoms with Gasteiger partial charge in [0.05, 0.1) is 6.42 Å². The van der Waals surface area contributed by atoms with E-state index in [1.165, 1.54) is 0 Å². The van der Waals surface area contributed by atoms with Crippen LogP contribution in [0, 0.1) is 0 Å². The Bertz CT molecular complexity index is 161. The molecule has 0 fully saturated rings. The van der Waals surface area contributed by atoms with E-state index in [2.05, 4.69) is 0 Å². The number of hydrogen-bond acceptors (Lipinski definition) is 3. The molecule has 0 heterocycles. The molecule has 0 radical (unpaired) electrons. The molecule has 7 heteroatoms. The molecule has 7 nitrogen and oxygen atoms in total. The van der Waals surface area contributed by atoms with E-state index in [4.69, 9.17) is 15.3 Å². The number of aliphatic hydroxyl groups is 1. The predicted molar refractivity (Wildman–Crippen MR) is 37.7 cm³/mol. The quantitative estimate of drug-likeness (QED) is 0.447. The zero-order valence-corrected chi connectivity index (χ0v) is 6.37. The van der Waals surface area contributed by atoms with Crippen LogP contribution in [-0.2, 0) is 9.59 Å². The van der Waals surface area contributed by atoms with Gasteiger partial charge in [-0.3, -0.25) is 4.79 Å². The van der Waals surface area contributed by atoms with Gasteiger partial charge in [0.15, 0.2) is 5.60 Å². The Labute approximate surface area is 67.9 Å². The summed E-state index contributed by atoms with van der Waals surface area (Å²) in [6.45, 7) is 0.934. The van der Waals surface area contributed by atoms with Crippen LogP contribution in [0.3, 0.4) is 0 Å².